The Morgan fingerprint density at radius 2 is 1.85 bits per heavy atom. The van der Waals surface area contributed by atoms with Crippen molar-refractivity contribution in [3.63, 3.8) is 0 Å². The van der Waals surface area contributed by atoms with Gasteiger partial charge in [0.05, 0.1) is 5.56 Å². The molecule has 104 valence electrons. The molecule has 2 aromatic rings. The molecule has 0 aromatic heterocycles. The third-order valence-electron chi connectivity index (χ3n) is 3.19. The molecule has 4 nitrogen and oxygen atoms in total. The van der Waals surface area contributed by atoms with Crippen molar-refractivity contribution < 1.29 is 4.79 Å². The number of carbonyl (C=O) groups excluding carboxylic acids is 1. The van der Waals surface area contributed by atoms with Crippen LogP contribution in [0.5, 0.6) is 0 Å². The molecule has 0 saturated carbocycles. The Hall–Kier alpha value is -2.49. The first kappa shape index (κ1) is 13.9. The highest BCUT2D eigenvalue weighted by molar-refractivity contribution is 6.00. The maximum absolute atomic E-state index is 11.9. The summed E-state index contributed by atoms with van der Waals surface area (Å²) in [6.45, 7) is 2.05. The highest BCUT2D eigenvalue weighted by Crippen LogP contribution is 2.24. The molecular weight excluding hydrogens is 250 g/mol. The third-order valence-corrected chi connectivity index (χ3v) is 3.19. The highest BCUT2D eigenvalue weighted by Gasteiger charge is 2.13. The van der Waals surface area contributed by atoms with E-state index in [2.05, 4.69) is 29.7 Å². The fourth-order valence-corrected chi connectivity index (χ4v) is 2.07. The number of benzene rings is 2. The summed E-state index contributed by atoms with van der Waals surface area (Å²) in [4.78, 5) is 11.9. The van der Waals surface area contributed by atoms with Gasteiger partial charge in [-0.25, -0.2) is 0 Å². The van der Waals surface area contributed by atoms with Crippen LogP contribution in [0.4, 0.5) is 11.4 Å². The lowest BCUT2D eigenvalue weighted by atomic mass is 10.1. The second-order valence-electron chi connectivity index (χ2n) is 4.66. The Bertz CT molecular complexity index is 596. The van der Waals surface area contributed by atoms with Crippen molar-refractivity contribution in [2.75, 3.05) is 18.1 Å². The number of nitrogen functional groups attached to an aromatic ring is 1. The quantitative estimate of drug-likeness (QED) is 0.748. The topological polar surface area (TPSA) is 67.2 Å². The summed E-state index contributed by atoms with van der Waals surface area (Å²) in [6.07, 6.45) is 0. The molecule has 0 heterocycles. The Balaban J connectivity index is 2.27. The summed E-state index contributed by atoms with van der Waals surface area (Å²) in [5, 5.41) is 5.98. The van der Waals surface area contributed by atoms with E-state index in [4.69, 9.17) is 5.73 Å². The standard InChI is InChI=1S/C16H19N3O/c1-11(12-6-4-3-5-7-12)19-15-9-8-13(17)10-14(15)16(20)18-2/h3-11,19H,17H2,1-2H3,(H,18,20). The Kier molecular flexibility index (Phi) is 4.25. The van der Waals surface area contributed by atoms with Gasteiger partial charge in [-0.15, -0.1) is 0 Å². The summed E-state index contributed by atoms with van der Waals surface area (Å²) >= 11 is 0. The number of nitrogens with one attached hydrogen (secondary N) is 2. The molecule has 0 spiro atoms. The first-order valence-electron chi connectivity index (χ1n) is 6.55. The van der Waals surface area contributed by atoms with Crippen molar-refractivity contribution in [2.24, 2.45) is 0 Å². The van der Waals surface area contributed by atoms with E-state index in [1.54, 1.807) is 19.2 Å². The minimum Gasteiger partial charge on any atom is -0.399 e. The van der Waals surface area contributed by atoms with Gasteiger partial charge in [0, 0.05) is 24.5 Å². The molecule has 0 aliphatic rings. The maximum Gasteiger partial charge on any atom is 0.253 e. The van der Waals surface area contributed by atoms with Crippen molar-refractivity contribution in [2.45, 2.75) is 13.0 Å². The van der Waals surface area contributed by atoms with E-state index < -0.39 is 0 Å². The van der Waals surface area contributed by atoms with Crippen molar-refractivity contribution in [1.29, 1.82) is 0 Å². The van der Waals surface area contributed by atoms with Gasteiger partial charge in [-0.2, -0.15) is 0 Å². The van der Waals surface area contributed by atoms with Crippen molar-refractivity contribution >= 4 is 17.3 Å². The molecule has 1 amide bonds. The molecule has 0 fully saturated rings. The van der Waals surface area contributed by atoms with Crippen molar-refractivity contribution in [3.05, 3.63) is 59.7 Å². The van der Waals surface area contributed by atoms with Crippen LogP contribution in [0.25, 0.3) is 0 Å². The van der Waals surface area contributed by atoms with Gasteiger partial charge in [0.1, 0.15) is 0 Å². The van der Waals surface area contributed by atoms with Crippen LogP contribution in [0.2, 0.25) is 0 Å². The van der Waals surface area contributed by atoms with Gasteiger partial charge in [-0.05, 0) is 30.7 Å². The fraction of sp³-hybridized carbons (Fsp3) is 0.188. The number of rotatable bonds is 4. The van der Waals surface area contributed by atoms with Crippen LogP contribution in [-0.2, 0) is 0 Å². The second-order valence-corrected chi connectivity index (χ2v) is 4.66. The minimum atomic E-state index is -0.153. The molecular formula is C16H19N3O. The van der Waals surface area contributed by atoms with Gasteiger partial charge in [0.25, 0.3) is 5.91 Å². The molecule has 0 saturated heterocycles. The second kappa shape index (κ2) is 6.10. The molecule has 2 rings (SSSR count). The summed E-state index contributed by atoms with van der Waals surface area (Å²) in [6, 6.07) is 15.5. The average Bonchev–Trinajstić information content (AvgIpc) is 2.49. The lowest BCUT2D eigenvalue weighted by Crippen LogP contribution is -2.20. The van der Waals surface area contributed by atoms with Gasteiger partial charge in [0.15, 0.2) is 0 Å². The number of hydrogen-bond donors (Lipinski definition) is 3. The van der Waals surface area contributed by atoms with Crippen molar-refractivity contribution in [3.8, 4) is 0 Å². The number of nitrogens with two attached hydrogens (primary N) is 1. The van der Waals surface area contributed by atoms with Crippen LogP contribution in [0.3, 0.4) is 0 Å². The molecule has 0 radical (unpaired) electrons. The zero-order valence-electron chi connectivity index (χ0n) is 11.7. The zero-order valence-corrected chi connectivity index (χ0v) is 11.7. The van der Waals surface area contributed by atoms with Gasteiger partial charge in [-0.3, -0.25) is 4.79 Å². The Labute approximate surface area is 119 Å². The molecule has 2 aromatic carbocycles. The van der Waals surface area contributed by atoms with Gasteiger partial charge >= 0.3 is 0 Å². The van der Waals surface area contributed by atoms with E-state index in [-0.39, 0.29) is 11.9 Å². The minimum absolute atomic E-state index is 0.100. The summed E-state index contributed by atoms with van der Waals surface area (Å²) in [5.74, 6) is -0.153. The third kappa shape index (κ3) is 3.09. The molecule has 0 aliphatic heterocycles. The SMILES string of the molecule is CNC(=O)c1cc(N)ccc1NC(C)c1ccccc1. The van der Waals surface area contributed by atoms with E-state index in [1.807, 2.05) is 24.3 Å². The number of anilines is 2. The molecule has 4 heteroatoms. The van der Waals surface area contributed by atoms with Crippen LogP contribution in [0.15, 0.2) is 48.5 Å². The maximum atomic E-state index is 11.9. The average molecular weight is 269 g/mol. The highest BCUT2D eigenvalue weighted by atomic mass is 16.1. The molecule has 1 atom stereocenters. The van der Waals surface area contributed by atoms with E-state index in [0.29, 0.717) is 11.3 Å². The van der Waals surface area contributed by atoms with Gasteiger partial charge < -0.3 is 16.4 Å². The molecule has 1 unspecified atom stereocenters. The number of carbonyl (C=O) groups is 1. The van der Waals surface area contributed by atoms with Crippen LogP contribution < -0.4 is 16.4 Å². The predicted octanol–water partition coefficient (Wildman–Crippen LogP) is 2.80. The number of amides is 1. The van der Waals surface area contributed by atoms with Gasteiger partial charge in [0.2, 0.25) is 0 Å². The molecule has 20 heavy (non-hydrogen) atoms. The zero-order chi connectivity index (χ0) is 14.5. The summed E-state index contributed by atoms with van der Waals surface area (Å²) < 4.78 is 0. The van der Waals surface area contributed by atoms with Crippen LogP contribution >= 0.6 is 0 Å². The lowest BCUT2D eigenvalue weighted by Gasteiger charge is -2.18. The van der Waals surface area contributed by atoms with Crippen LogP contribution in [0.1, 0.15) is 28.9 Å². The molecule has 0 aliphatic carbocycles. The molecule has 0 bridgehead atoms. The normalized spacial score (nSPS) is 11.7. The Morgan fingerprint density at radius 1 is 1.15 bits per heavy atom. The smallest absolute Gasteiger partial charge is 0.253 e. The first-order valence-corrected chi connectivity index (χ1v) is 6.55. The number of hydrogen-bond acceptors (Lipinski definition) is 3. The summed E-state index contributed by atoms with van der Waals surface area (Å²) in [5.41, 5.74) is 8.81. The Morgan fingerprint density at radius 3 is 2.50 bits per heavy atom. The monoisotopic (exact) mass is 269 g/mol. The lowest BCUT2D eigenvalue weighted by molar-refractivity contribution is 0.0964. The van der Waals surface area contributed by atoms with E-state index in [1.165, 1.54) is 0 Å². The van der Waals surface area contributed by atoms with E-state index in [9.17, 15) is 4.79 Å². The van der Waals surface area contributed by atoms with Crippen molar-refractivity contribution in [1.82, 2.24) is 5.32 Å². The van der Waals surface area contributed by atoms with E-state index in [0.717, 1.165) is 11.3 Å². The van der Waals surface area contributed by atoms with E-state index >= 15 is 0 Å². The summed E-state index contributed by atoms with van der Waals surface area (Å²) in [7, 11) is 1.61. The van der Waals surface area contributed by atoms with Crippen LogP contribution in [-0.4, -0.2) is 13.0 Å². The first-order chi connectivity index (χ1) is 9.61. The fourth-order valence-electron chi connectivity index (χ4n) is 2.07. The largest absolute Gasteiger partial charge is 0.399 e. The van der Waals surface area contributed by atoms with Crippen LogP contribution in [0, 0.1) is 0 Å². The van der Waals surface area contributed by atoms with Gasteiger partial charge in [-0.1, -0.05) is 30.3 Å². The molecule has 4 N–H and O–H groups in total. The predicted molar refractivity (Wildman–Crippen MR) is 82.7 cm³/mol.